The van der Waals surface area contributed by atoms with Crippen LogP contribution in [0.25, 0.3) is 0 Å². The van der Waals surface area contributed by atoms with Crippen LogP contribution in [-0.2, 0) is 6.54 Å². The van der Waals surface area contributed by atoms with E-state index < -0.39 is 17.7 Å². The van der Waals surface area contributed by atoms with Crippen molar-refractivity contribution in [1.29, 1.82) is 0 Å². The van der Waals surface area contributed by atoms with Crippen molar-refractivity contribution >= 4 is 28.9 Å². The molecule has 0 aliphatic carbocycles. The highest BCUT2D eigenvalue weighted by Gasteiger charge is 2.34. The number of nitrogens with two attached hydrogens (primary N) is 1. The SMILES string of the molecule is Cl.Nc1ncc(CN2CC(O)CC2c2cc(F)ccc2F)s1. The van der Waals surface area contributed by atoms with Crippen LogP contribution in [0.3, 0.4) is 0 Å². The molecule has 2 atom stereocenters. The van der Waals surface area contributed by atoms with E-state index in [2.05, 4.69) is 4.98 Å². The van der Waals surface area contributed by atoms with Crippen LogP contribution in [0.2, 0.25) is 0 Å². The summed E-state index contributed by atoms with van der Waals surface area (Å²) in [5.74, 6) is -0.931. The minimum absolute atomic E-state index is 0. The summed E-state index contributed by atoms with van der Waals surface area (Å²) in [5.41, 5.74) is 5.88. The van der Waals surface area contributed by atoms with Gasteiger partial charge >= 0.3 is 0 Å². The molecule has 1 fully saturated rings. The second kappa shape index (κ2) is 6.87. The Morgan fingerprint density at radius 1 is 1.41 bits per heavy atom. The number of rotatable bonds is 3. The number of nitrogens with zero attached hydrogens (tertiary/aromatic N) is 2. The van der Waals surface area contributed by atoms with Gasteiger partial charge in [-0.25, -0.2) is 13.8 Å². The summed E-state index contributed by atoms with van der Waals surface area (Å²) < 4.78 is 27.3. The first-order chi connectivity index (χ1) is 10.0. The fraction of sp³-hybridized carbons (Fsp3) is 0.357. The summed E-state index contributed by atoms with van der Waals surface area (Å²) in [5, 5.41) is 10.4. The predicted octanol–water partition coefficient (Wildman–Crippen LogP) is 2.73. The zero-order valence-corrected chi connectivity index (χ0v) is 13.2. The third kappa shape index (κ3) is 3.55. The fourth-order valence-electron chi connectivity index (χ4n) is 2.74. The average molecular weight is 348 g/mol. The van der Waals surface area contributed by atoms with Gasteiger partial charge in [-0.15, -0.1) is 23.7 Å². The van der Waals surface area contributed by atoms with Crippen molar-refractivity contribution in [2.45, 2.75) is 25.1 Å². The lowest BCUT2D eigenvalue weighted by Gasteiger charge is -2.24. The Morgan fingerprint density at radius 2 is 2.18 bits per heavy atom. The number of nitrogen functional groups attached to an aromatic ring is 1. The van der Waals surface area contributed by atoms with Crippen molar-refractivity contribution in [2.75, 3.05) is 12.3 Å². The van der Waals surface area contributed by atoms with E-state index in [4.69, 9.17) is 5.73 Å². The first-order valence-electron chi connectivity index (χ1n) is 6.60. The van der Waals surface area contributed by atoms with Crippen LogP contribution in [0.1, 0.15) is 22.9 Å². The molecule has 1 saturated heterocycles. The lowest BCUT2D eigenvalue weighted by atomic mass is 10.0. The second-order valence-corrected chi connectivity index (χ2v) is 6.31. The van der Waals surface area contributed by atoms with Gasteiger partial charge in [-0.1, -0.05) is 0 Å². The highest BCUT2D eigenvalue weighted by atomic mass is 35.5. The maximum absolute atomic E-state index is 14.0. The fourth-order valence-corrected chi connectivity index (χ4v) is 3.45. The highest BCUT2D eigenvalue weighted by molar-refractivity contribution is 7.15. The van der Waals surface area contributed by atoms with Crippen LogP contribution in [0.5, 0.6) is 0 Å². The van der Waals surface area contributed by atoms with Gasteiger partial charge in [-0.3, -0.25) is 4.90 Å². The Balaban J connectivity index is 0.00000176. The van der Waals surface area contributed by atoms with Crippen LogP contribution in [0, 0.1) is 11.6 Å². The largest absolute Gasteiger partial charge is 0.392 e. The summed E-state index contributed by atoms with van der Waals surface area (Å²) >= 11 is 1.36. The third-order valence-electron chi connectivity index (χ3n) is 3.63. The van der Waals surface area contributed by atoms with E-state index in [0.29, 0.717) is 24.6 Å². The van der Waals surface area contributed by atoms with Crippen LogP contribution in [0.15, 0.2) is 24.4 Å². The number of hydrogen-bond acceptors (Lipinski definition) is 5. The molecular weight excluding hydrogens is 332 g/mol. The van der Waals surface area contributed by atoms with Crippen molar-refractivity contribution < 1.29 is 13.9 Å². The molecule has 2 unspecified atom stereocenters. The molecule has 0 spiro atoms. The molecule has 1 aliphatic heterocycles. The molecule has 120 valence electrons. The summed E-state index contributed by atoms with van der Waals surface area (Å²) in [6.07, 6.45) is 1.50. The molecule has 3 rings (SSSR count). The molecule has 0 amide bonds. The van der Waals surface area contributed by atoms with Crippen molar-refractivity contribution in [3.05, 3.63) is 46.5 Å². The quantitative estimate of drug-likeness (QED) is 0.896. The van der Waals surface area contributed by atoms with Crippen LogP contribution >= 0.6 is 23.7 Å². The number of hydrogen-bond donors (Lipinski definition) is 2. The molecule has 2 aromatic rings. The van der Waals surface area contributed by atoms with Gasteiger partial charge in [0, 0.05) is 35.8 Å². The number of thiazole rings is 1. The van der Waals surface area contributed by atoms with Gasteiger partial charge in [-0.2, -0.15) is 0 Å². The van der Waals surface area contributed by atoms with E-state index in [1.54, 1.807) is 6.20 Å². The molecular formula is C14H16ClF2N3OS. The van der Waals surface area contributed by atoms with Gasteiger partial charge in [0.2, 0.25) is 0 Å². The van der Waals surface area contributed by atoms with E-state index in [-0.39, 0.29) is 24.0 Å². The Labute approximate surface area is 137 Å². The zero-order chi connectivity index (χ0) is 15.0. The van der Waals surface area contributed by atoms with Crippen LogP contribution < -0.4 is 5.73 Å². The first-order valence-corrected chi connectivity index (χ1v) is 7.42. The number of benzene rings is 1. The number of aliphatic hydroxyl groups excluding tert-OH is 1. The van der Waals surface area contributed by atoms with Crippen molar-refractivity contribution in [1.82, 2.24) is 9.88 Å². The van der Waals surface area contributed by atoms with Gasteiger partial charge in [0.25, 0.3) is 0 Å². The van der Waals surface area contributed by atoms with Crippen LogP contribution in [0.4, 0.5) is 13.9 Å². The molecule has 1 aliphatic rings. The summed E-state index contributed by atoms with van der Waals surface area (Å²) in [6.45, 7) is 0.922. The molecule has 2 heterocycles. The number of β-amino-alcohol motifs (C(OH)–C–C–N with tert-alkyl or cyclic N) is 1. The van der Waals surface area contributed by atoms with Gasteiger partial charge < -0.3 is 10.8 Å². The highest BCUT2D eigenvalue weighted by Crippen LogP contribution is 2.35. The number of likely N-dealkylation sites (tertiary alicyclic amines) is 1. The molecule has 8 heteroatoms. The molecule has 4 nitrogen and oxygen atoms in total. The topological polar surface area (TPSA) is 62.4 Å². The average Bonchev–Trinajstić information content (AvgIpc) is 2.99. The van der Waals surface area contributed by atoms with E-state index in [0.717, 1.165) is 17.0 Å². The summed E-state index contributed by atoms with van der Waals surface area (Å²) in [4.78, 5) is 6.84. The maximum Gasteiger partial charge on any atom is 0.180 e. The molecule has 1 aromatic heterocycles. The maximum atomic E-state index is 14.0. The Kier molecular flexibility index (Phi) is 5.33. The number of aliphatic hydroxyl groups is 1. The lowest BCUT2D eigenvalue weighted by molar-refractivity contribution is 0.173. The smallest absolute Gasteiger partial charge is 0.180 e. The normalized spacial score (nSPS) is 21.8. The van der Waals surface area contributed by atoms with Crippen molar-refractivity contribution in [3.8, 4) is 0 Å². The Bertz CT molecular complexity index is 655. The van der Waals surface area contributed by atoms with Crippen molar-refractivity contribution in [3.63, 3.8) is 0 Å². The predicted molar refractivity (Wildman–Crippen MR) is 83.9 cm³/mol. The number of aromatic nitrogens is 1. The molecule has 0 bridgehead atoms. The van der Waals surface area contributed by atoms with Crippen LogP contribution in [-0.4, -0.2) is 27.6 Å². The first kappa shape index (κ1) is 17.1. The van der Waals surface area contributed by atoms with E-state index in [1.807, 2.05) is 4.90 Å². The molecule has 1 aromatic carbocycles. The van der Waals surface area contributed by atoms with Gasteiger partial charge in [0.1, 0.15) is 11.6 Å². The lowest BCUT2D eigenvalue weighted by Crippen LogP contribution is -2.24. The zero-order valence-electron chi connectivity index (χ0n) is 11.6. The van der Waals surface area contributed by atoms with E-state index in [9.17, 15) is 13.9 Å². The van der Waals surface area contributed by atoms with Crippen molar-refractivity contribution in [2.24, 2.45) is 0 Å². The Hall–Kier alpha value is -1.28. The minimum atomic E-state index is -0.553. The molecule has 0 saturated carbocycles. The molecule has 22 heavy (non-hydrogen) atoms. The minimum Gasteiger partial charge on any atom is -0.392 e. The summed E-state index contributed by atoms with van der Waals surface area (Å²) in [7, 11) is 0. The van der Waals surface area contributed by atoms with E-state index in [1.165, 1.54) is 17.4 Å². The monoisotopic (exact) mass is 347 g/mol. The third-order valence-corrected chi connectivity index (χ3v) is 4.44. The van der Waals surface area contributed by atoms with Gasteiger partial charge in [0.05, 0.1) is 6.10 Å². The summed E-state index contributed by atoms with van der Waals surface area (Å²) in [6, 6.07) is 3.07. The number of halogens is 3. The molecule has 3 N–H and O–H groups in total. The van der Waals surface area contributed by atoms with Gasteiger partial charge in [-0.05, 0) is 24.6 Å². The standard InChI is InChI=1S/C14H15F2N3OS.ClH/c15-8-1-2-12(16)11(3-8)13-4-9(20)6-19(13)7-10-5-18-14(17)21-10;/h1-3,5,9,13,20H,4,6-7H2,(H2,17,18);1H. The number of anilines is 1. The van der Waals surface area contributed by atoms with E-state index >= 15 is 0 Å². The molecule has 0 radical (unpaired) electrons. The second-order valence-electron chi connectivity index (χ2n) is 5.17. The van der Waals surface area contributed by atoms with Gasteiger partial charge in [0.15, 0.2) is 5.13 Å². The Morgan fingerprint density at radius 3 is 2.86 bits per heavy atom.